The minimum atomic E-state index is 0.0554. The fourth-order valence-electron chi connectivity index (χ4n) is 2.00. The van der Waals surface area contributed by atoms with Crippen molar-refractivity contribution < 1.29 is 14.3 Å². The van der Waals surface area contributed by atoms with Gasteiger partial charge in [-0.05, 0) is 36.6 Å². The maximum absolute atomic E-state index is 11.3. The number of carbonyl (C=O) groups excluding carboxylic acids is 1. The van der Waals surface area contributed by atoms with E-state index in [0.29, 0.717) is 5.75 Å². The summed E-state index contributed by atoms with van der Waals surface area (Å²) < 4.78 is 10.4. The summed E-state index contributed by atoms with van der Waals surface area (Å²) in [5.41, 5.74) is 2.27. The topological polar surface area (TPSA) is 35.5 Å². The molecule has 3 heteroatoms. The van der Waals surface area contributed by atoms with Crippen molar-refractivity contribution in [2.24, 2.45) is 0 Å². The molecule has 0 fully saturated rings. The fraction of sp³-hybridized carbons (Fsp3) is 0.417. The van der Waals surface area contributed by atoms with Crippen molar-refractivity contribution in [3.63, 3.8) is 0 Å². The van der Waals surface area contributed by atoms with Gasteiger partial charge in [-0.15, -0.1) is 0 Å². The van der Waals surface area contributed by atoms with Crippen LogP contribution in [0.25, 0.3) is 0 Å². The van der Waals surface area contributed by atoms with Crippen LogP contribution in [0.3, 0.4) is 0 Å². The van der Waals surface area contributed by atoms with Gasteiger partial charge in [-0.1, -0.05) is 0 Å². The van der Waals surface area contributed by atoms with E-state index in [0.717, 1.165) is 17.7 Å². The summed E-state index contributed by atoms with van der Waals surface area (Å²) in [6, 6.07) is 3.86. The average molecular weight is 206 g/mol. The molecule has 15 heavy (non-hydrogen) atoms. The van der Waals surface area contributed by atoms with Crippen LogP contribution in [0.15, 0.2) is 12.1 Å². The van der Waals surface area contributed by atoms with Gasteiger partial charge in [-0.3, -0.25) is 4.79 Å². The number of benzene rings is 1. The molecule has 3 nitrogen and oxygen atoms in total. The predicted octanol–water partition coefficient (Wildman–Crippen LogP) is 1.93. The van der Waals surface area contributed by atoms with Crippen LogP contribution < -0.4 is 9.47 Å². The lowest BCUT2D eigenvalue weighted by Gasteiger charge is -2.29. The molecule has 0 heterocycles. The maximum atomic E-state index is 11.3. The van der Waals surface area contributed by atoms with Crippen LogP contribution in [0.2, 0.25) is 0 Å². The SMILES string of the molecule is COc1cc2c(cc1OC)[C@@H](C(C)=O)C2. The zero-order valence-corrected chi connectivity index (χ0v) is 9.16. The molecule has 0 spiro atoms. The average Bonchev–Trinajstić information content (AvgIpc) is 2.19. The molecular weight excluding hydrogens is 192 g/mol. The highest BCUT2D eigenvalue weighted by molar-refractivity contribution is 5.87. The summed E-state index contributed by atoms with van der Waals surface area (Å²) in [6.45, 7) is 1.63. The van der Waals surface area contributed by atoms with E-state index in [4.69, 9.17) is 9.47 Å². The Morgan fingerprint density at radius 2 is 1.87 bits per heavy atom. The van der Waals surface area contributed by atoms with Crippen LogP contribution in [-0.4, -0.2) is 20.0 Å². The summed E-state index contributed by atoms with van der Waals surface area (Å²) in [7, 11) is 3.22. The zero-order chi connectivity index (χ0) is 11.0. The Hall–Kier alpha value is -1.51. The number of rotatable bonds is 3. The number of hydrogen-bond acceptors (Lipinski definition) is 3. The van der Waals surface area contributed by atoms with Crippen molar-refractivity contribution in [2.75, 3.05) is 14.2 Å². The highest BCUT2D eigenvalue weighted by atomic mass is 16.5. The van der Waals surface area contributed by atoms with Gasteiger partial charge in [0.25, 0.3) is 0 Å². The number of methoxy groups -OCH3 is 2. The number of carbonyl (C=O) groups is 1. The summed E-state index contributed by atoms with van der Waals surface area (Å²) in [5, 5.41) is 0. The van der Waals surface area contributed by atoms with Crippen LogP contribution in [0.4, 0.5) is 0 Å². The molecule has 2 rings (SSSR count). The molecule has 1 aromatic carbocycles. The zero-order valence-electron chi connectivity index (χ0n) is 9.16. The Bertz CT molecular complexity index is 410. The van der Waals surface area contributed by atoms with E-state index in [1.165, 1.54) is 5.56 Å². The number of Topliss-reactive ketones (excluding diaryl/α,β-unsaturated/α-hetero) is 1. The summed E-state index contributed by atoms with van der Waals surface area (Å²) >= 11 is 0. The van der Waals surface area contributed by atoms with E-state index >= 15 is 0 Å². The third-order valence-electron chi connectivity index (χ3n) is 2.94. The first kappa shape index (κ1) is 10.0. The fourth-order valence-corrected chi connectivity index (χ4v) is 2.00. The highest BCUT2D eigenvalue weighted by Crippen LogP contribution is 2.42. The van der Waals surface area contributed by atoms with E-state index in [1.54, 1.807) is 21.1 Å². The van der Waals surface area contributed by atoms with Gasteiger partial charge in [0.05, 0.1) is 14.2 Å². The molecule has 80 valence electrons. The third kappa shape index (κ3) is 1.48. The molecule has 0 N–H and O–H groups in total. The van der Waals surface area contributed by atoms with Crippen molar-refractivity contribution >= 4 is 5.78 Å². The van der Waals surface area contributed by atoms with Crippen LogP contribution in [0.5, 0.6) is 11.5 Å². The van der Waals surface area contributed by atoms with Crippen LogP contribution in [0, 0.1) is 0 Å². The molecular formula is C12H14O3. The molecule has 0 saturated carbocycles. The van der Waals surface area contributed by atoms with E-state index in [9.17, 15) is 4.79 Å². The van der Waals surface area contributed by atoms with Crippen LogP contribution in [-0.2, 0) is 11.2 Å². The summed E-state index contributed by atoms with van der Waals surface area (Å²) in [4.78, 5) is 11.3. The largest absolute Gasteiger partial charge is 0.493 e. The number of ether oxygens (including phenoxy) is 2. The Morgan fingerprint density at radius 1 is 1.27 bits per heavy atom. The Labute approximate surface area is 89.0 Å². The first-order valence-corrected chi connectivity index (χ1v) is 4.92. The van der Waals surface area contributed by atoms with Crippen LogP contribution >= 0.6 is 0 Å². The smallest absolute Gasteiger partial charge is 0.161 e. The van der Waals surface area contributed by atoms with E-state index in [1.807, 2.05) is 12.1 Å². The van der Waals surface area contributed by atoms with Crippen molar-refractivity contribution in [3.05, 3.63) is 23.3 Å². The minimum absolute atomic E-state index is 0.0554. The summed E-state index contributed by atoms with van der Waals surface area (Å²) in [5.74, 6) is 1.70. The Balaban J connectivity index is 2.41. The standard InChI is InChI=1S/C12H14O3/c1-7(13)9-4-8-5-11(14-2)12(15-3)6-10(8)9/h5-6,9H,4H2,1-3H3/t9-/m1/s1. The second kappa shape index (κ2) is 3.57. The van der Waals surface area contributed by atoms with Crippen molar-refractivity contribution in [2.45, 2.75) is 19.3 Å². The second-order valence-electron chi connectivity index (χ2n) is 3.77. The molecule has 1 aliphatic carbocycles. The van der Waals surface area contributed by atoms with E-state index in [-0.39, 0.29) is 11.7 Å². The molecule has 0 unspecified atom stereocenters. The Morgan fingerprint density at radius 3 is 2.40 bits per heavy atom. The van der Waals surface area contributed by atoms with Crippen molar-refractivity contribution in [1.82, 2.24) is 0 Å². The minimum Gasteiger partial charge on any atom is -0.493 e. The normalized spacial score (nSPS) is 17.7. The van der Waals surface area contributed by atoms with Crippen molar-refractivity contribution in [3.8, 4) is 11.5 Å². The van der Waals surface area contributed by atoms with Gasteiger partial charge in [0.2, 0.25) is 0 Å². The predicted molar refractivity (Wildman–Crippen MR) is 56.7 cm³/mol. The molecule has 0 aromatic heterocycles. The lowest BCUT2D eigenvalue weighted by Crippen LogP contribution is -2.23. The quantitative estimate of drug-likeness (QED) is 0.758. The third-order valence-corrected chi connectivity index (χ3v) is 2.94. The molecule has 0 saturated heterocycles. The lowest BCUT2D eigenvalue weighted by molar-refractivity contribution is -0.118. The second-order valence-corrected chi connectivity index (χ2v) is 3.77. The van der Waals surface area contributed by atoms with Gasteiger partial charge < -0.3 is 9.47 Å². The first-order chi connectivity index (χ1) is 7.17. The van der Waals surface area contributed by atoms with Gasteiger partial charge in [-0.2, -0.15) is 0 Å². The molecule has 0 radical (unpaired) electrons. The number of hydrogen-bond donors (Lipinski definition) is 0. The molecule has 0 aliphatic heterocycles. The van der Waals surface area contributed by atoms with Gasteiger partial charge in [0, 0.05) is 5.92 Å². The number of ketones is 1. The Kier molecular flexibility index (Phi) is 2.39. The van der Waals surface area contributed by atoms with Gasteiger partial charge in [0.15, 0.2) is 11.5 Å². The van der Waals surface area contributed by atoms with E-state index in [2.05, 4.69) is 0 Å². The number of fused-ring (bicyclic) bond motifs is 1. The molecule has 1 aliphatic rings. The molecule has 1 atom stereocenters. The monoisotopic (exact) mass is 206 g/mol. The van der Waals surface area contributed by atoms with Crippen molar-refractivity contribution in [1.29, 1.82) is 0 Å². The first-order valence-electron chi connectivity index (χ1n) is 4.92. The van der Waals surface area contributed by atoms with Crippen LogP contribution in [0.1, 0.15) is 24.0 Å². The molecule has 1 aromatic rings. The molecule has 0 amide bonds. The summed E-state index contributed by atoms with van der Waals surface area (Å²) in [6.07, 6.45) is 0.824. The van der Waals surface area contributed by atoms with Gasteiger partial charge >= 0.3 is 0 Å². The van der Waals surface area contributed by atoms with E-state index < -0.39 is 0 Å². The highest BCUT2D eigenvalue weighted by Gasteiger charge is 2.31. The van der Waals surface area contributed by atoms with Gasteiger partial charge in [0.1, 0.15) is 5.78 Å². The van der Waals surface area contributed by atoms with Gasteiger partial charge in [-0.25, -0.2) is 0 Å². The lowest BCUT2D eigenvalue weighted by atomic mass is 9.75. The maximum Gasteiger partial charge on any atom is 0.161 e. The molecule has 0 bridgehead atoms.